The molecule has 0 radical (unpaired) electrons. The van der Waals surface area contributed by atoms with Crippen LogP contribution in [-0.4, -0.2) is 83.5 Å². The van der Waals surface area contributed by atoms with Crippen LogP contribution in [0.4, 0.5) is 4.79 Å². The van der Waals surface area contributed by atoms with Crippen molar-refractivity contribution < 1.29 is 19.4 Å². The molecule has 8 heteroatoms. The smallest absolute Gasteiger partial charge is 0.327 e. The number of nitrogens with one attached hydrogen (secondary N) is 1. The van der Waals surface area contributed by atoms with Crippen molar-refractivity contribution in [1.29, 1.82) is 0 Å². The highest BCUT2D eigenvalue weighted by molar-refractivity contribution is 7.99. The quantitative estimate of drug-likeness (QED) is 0.753. The summed E-state index contributed by atoms with van der Waals surface area (Å²) in [5.41, 5.74) is 0. The molecule has 0 aromatic rings. The van der Waals surface area contributed by atoms with Crippen molar-refractivity contribution in [3.63, 3.8) is 0 Å². The summed E-state index contributed by atoms with van der Waals surface area (Å²) in [7, 11) is 0. The van der Waals surface area contributed by atoms with Crippen molar-refractivity contribution in [2.45, 2.75) is 19.0 Å². The van der Waals surface area contributed by atoms with Crippen LogP contribution in [0.1, 0.15) is 6.92 Å². The van der Waals surface area contributed by atoms with Crippen LogP contribution in [0.5, 0.6) is 0 Å². The zero-order valence-corrected chi connectivity index (χ0v) is 12.4. The minimum atomic E-state index is -0.939. The van der Waals surface area contributed by atoms with Gasteiger partial charge < -0.3 is 20.1 Å². The van der Waals surface area contributed by atoms with Crippen molar-refractivity contribution >= 4 is 23.8 Å². The number of amides is 2. The molecule has 0 aromatic carbocycles. The second kappa shape index (κ2) is 7.14. The maximum atomic E-state index is 12.1. The number of carboxylic acids is 1. The molecule has 114 valence electrons. The summed E-state index contributed by atoms with van der Waals surface area (Å²) in [6, 6.07) is -1.01. The maximum absolute atomic E-state index is 12.1. The molecule has 2 saturated heterocycles. The number of nitrogens with zero attached hydrogens (tertiary/aromatic N) is 2. The van der Waals surface area contributed by atoms with Crippen molar-refractivity contribution in [3.8, 4) is 0 Å². The SMILES string of the molecule is CC(CN1CCOCC1)NC(=O)N1CSC[C@H]1C(=O)O. The van der Waals surface area contributed by atoms with Gasteiger partial charge in [0.15, 0.2) is 0 Å². The van der Waals surface area contributed by atoms with Crippen molar-refractivity contribution in [1.82, 2.24) is 15.1 Å². The van der Waals surface area contributed by atoms with Crippen LogP contribution in [0.2, 0.25) is 0 Å². The summed E-state index contributed by atoms with van der Waals surface area (Å²) in [6.07, 6.45) is 0. The van der Waals surface area contributed by atoms with Gasteiger partial charge in [-0.1, -0.05) is 0 Å². The summed E-state index contributed by atoms with van der Waals surface area (Å²) in [5.74, 6) is -0.0424. The van der Waals surface area contributed by atoms with E-state index in [4.69, 9.17) is 9.84 Å². The fraction of sp³-hybridized carbons (Fsp3) is 0.833. The average Bonchev–Trinajstić information content (AvgIpc) is 2.89. The number of rotatable bonds is 4. The van der Waals surface area contributed by atoms with E-state index in [1.165, 1.54) is 16.7 Å². The lowest BCUT2D eigenvalue weighted by molar-refractivity contribution is -0.140. The van der Waals surface area contributed by atoms with Gasteiger partial charge in [0.05, 0.1) is 19.1 Å². The molecular formula is C12H21N3O4S. The van der Waals surface area contributed by atoms with Gasteiger partial charge in [0.2, 0.25) is 0 Å². The van der Waals surface area contributed by atoms with Gasteiger partial charge in [-0.05, 0) is 6.92 Å². The van der Waals surface area contributed by atoms with Crippen LogP contribution in [0.15, 0.2) is 0 Å². The molecule has 1 unspecified atom stereocenters. The van der Waals surface area contributed by atoms with E-state index >= 15 is 0 Å². The molecule has 2 fully saturated rings. The van der Waals surface area contributed by atoms with E-state index in [9.17, 15) is 9.59 Å². The van der Waals surface area contributed by atoms with Gasteiger partial charge in [-0.15, -0.1) is 11.8 Å². The Bertz CT molecular complexity index is 363. The Kier molecular flexibility index (Phi) is 5.50. The zero-order valence-electron chi connectivity index (χ0n) is 11.6. The van der Waals surface area contributed by atoms with Gasteiger partial charge in [0.1, 0.15) is 6.04 Å². The third-order valence-corrected chi connectivity index (χ3v) is 4.45. The van der Waals surface area contributed by atoms with E-state index in [0.717, 1.165) is 32.8 Å². The Morgan fingerprint density at radius 3 is 2.80 bits per heavy atom. The molecule has 0 bridgehead atoms. The van der Waals surface area contributed by atoms with Crippen LogP contribution in [-0.2, 0) is 9.53 Å². The van der Waals surface area contributed by atoms with Gasteiger partial charge in [-0.25, -0.2) is 9.59 Å². The Balaban J connectivity index is 1.79. The van der Waals surface area contributed by atoms with E-state index in [2.05, 4.69) is 10.2 Å². The number of urea groups is 1. The largest absolute Gasteiger partial charge is 0.480 e. The second-order valence-electron chi connectivity index (χ2n) is 5.09. The number of hydrogen-bond acceptors (Lipinski definition) is 5. The third kappa shape index (κ3) is 4.00. The molecule has 2 atom stereocenters. The highest BCUT2D eigenvalue weighted by Crippen LogP contribution is 2.21. The molecule has 20 heavy (non-hydrogen) atoms. The first kappa shape index (κ1) is 15.4. The van der Waals surface area contributed by atoms with Crippen LogP contribution in [0.25, 0.3) is 0 Å². The lowest BCUT2D eigenvalue weighted by atomic mass is 10.3. The van der Waals surface area contributed by atoms with Gasteiger partial charge in [-0.3, -0.25) is 4.90 Å². The standard InChI is InChI=1S/C12H21N3O4S/c1-9(6-14-2-4-19-5-3-14)13-12(18)15-8-20-7-10(15)11(16)17/h9-10H,2-8H2,1H3,(H,13,18)(H,16,17)/t9?,10-/m0/s1. The number of morpholine rings is 1. The van der Waals surface area contributed by atoms with Crippen molar-refractivity contribution in [2.24, 2.45) is 0 Å². The Morgan fingerprint density at radius 2 is 2.15 bits per heavy atom. The lowest BCUT2D eigenvalue weighted by Gasteiger charge is -2.30. The number of aliphatic carboxylic acids is 1. The normalized spacial score (nSPS) is 25.4. The molecule has 2 rings (SSSR count). The monoisotopic (exact) mass is 303 g/mol. The fourth-order valence-electron chi connectivity index (χ4n) is 2.36. The first-order valence-electron chi connectivity index (χ1n) is 6.75. The van der Waals surface area contributed by atoms with Gasteiger partial charge in [0, 0.05) is 31.4 Å². The minimum Gasteiger partial charge on any atom is -0.480 e. The minimum absolute atomic E-state index is 0.0133. The molecular weight excluding hydrogens is 282 g/mol. The topological polar surface area (TPSA) is 82.1 Å². The molecule has 2 heterocycles. The molecule has 2 aliphatic heterocycles. The van der Waals surface area contributed by atoms with E-state index in [0.29, 0.717) is 11.6 Å². The Labute approximate surface area is 122 Å². The number of carboxylic acid groups (broad SMARTS) is 1. The van der Waals surface area contributed by atoms with Gasteiger partial charge in [-0.2, -0.15) is 0 Å². The second-order valence-corrected chi connectivity index (χ2v) is 6.09. The highest BCUT2D eigenvalue weighted by atomic mass is 32.2. The number of thioether (sulfide) groups is 1. The van der Waals surface area contributed by atoms with E-state index in [1.54, 1.807) is 0 Å². The summed E-state index contributed by atoms with van der Waals surface area (Å²) < 4.78 is 5.28. The van der Waals surface area contributed by atoms with Crippen LogP contribution in [0, 0.1) is 0 Å². The molecule has 0 aromatic heterocycles. The summed E-state index contributed by atoms with van der Waals surface area (Å²) in [4.78, 5) is 26.8. The predicted octanol–water partition coefficient (Wildman–Crippen LogP) is -0.124. The number of carbonyl (C=O) groups excluding carboxylic acids is 1. The first-order chi connectivity index (χ1) is 9.58. The molecule has 0 aliphatic carbocycles. The van der Waals surface area contributed by atoms with Crippen LogP contribution < -0.4 is 5.32 Å². The molecule has 0 saturated carbocycles. The Morgan fingerprint density at radius 1 is 1.45 bits per heavy atom. The van der Waals surface area contributed by atoms with Gasteiger partial charge in [0.25, 0.3) is 0 Å². The molecule has 2 aliphatic rings. The fourth-order valence-corrected chi connectivity index (χ4v) is 3.50. The van der Waals surface area contributed by atoms with E-state index < -0.39 is 12.0 Å². The zero-order chi connectivity index (χ0) is 14.5. The van der Waals surface area contributed by atoms with Crippen LogP contribution in [0.3, 0.4) is 0 Å². The molecule has 2 N–H and O–H groups in total. The lowest BCUT2D eigenvalue weighted by Crippen LogP contribution is -2.52. The van der Waals surface area contributed by atoms with E-state index in [-0.39, 0.29) is 12.1 Å². The Hall–Kier alpha value is -0.990. The van der Waals surface area contributed by atoms with Gasteiger partial charge >= 0.3 is 12.0 Å². The number of carbonyl (C=O) groups is 2. The average molecular weight is 303 g/mol. The third-order valence-electron chi connectivity index (χ3n) is 3.43. The molecule has 7 nitrogen and oxygen atoms in total. The summed E-state index contributed by atoms with van der Waals surface area (Å²) in [5, 5.41) is 12.0. The molecule has 2 amide bonds. The first-order valence-corrected chi connectivity index (χ1v) is 7.91. The predicted molar refractivity (Wildman–Crippen MR) is 75.8 cm³/mol. The molecule has 0 spiro atoms. The van der Waals surface area contributed by atoms with Crippen molar-refractivity contribution in [3.05, 3.63) is 0 Å². The number of hydrogen-bond donors (Lipinski definition) is 2. The summed E-state index contributed by atoms with van der Waals surface area (Å²) in [6.45, 7) is 5.89. The highest BCUT2D eigenvalue weighted by Gasteiger charge is 2.35. The van der Waals surface area contributed by atoms with Crippen LogP contribution >= 0.6 is 11.8 Å². The van der Waals surface area contributed by atoms with Crippen molar-refractivity contribution in [2.75, 3.05) is 44.5 Å². The summed E-state index contributed by atoms with van der Waals surface area (Å²) >= 11 is 1.47. The van der Waals surface area contributed by atoms with E-state index in [1.807, 2.05) is 6.92 Å². The maximum Gasteiger partial charge on any atom is 0.327 e. The number of ether oxygens (including phenoxy) is 1.